The van der Waals surface area contributed by atoms with Crippen molar-refractivity contribution in [1.82, 2.24) is 0 Å². The summed E-state index contributed by atoms with van der Waals surface area (Å²) in [4.78, 5) is 0. The molecular formula is C13H5ClF6. The molecular weight excluding hydrogens is 306 g/mol. The molecule has 0 heterocycles. The first-order chi connectivity index (χ1) is 9.38. The Kier molecular flexibility index (Phi) is 3.94. The topological polar surface area (TPSA) is 0 Å². The summed E-state index contributed by atoms with van der Waals surface area (Å²) in [5.41, 5.74) is -1.59. The van der Waals surface area contributed by atoms with Crippen LogP contribution >= 0.6 is 11.6 Å². The van der Waals surface area contributed by atoms with Gasteiger partial charge in [-0.1, -0.05) is 6.07 Å². The Bertz CT molecular complexity index is 654. The minimum Gasteiger partial charge on any atom is -0.207 e. The van der Waals surface area contributed by atoms with E-state index in [4.69, 9.17) is 11.6 Å². The van der Waals surface area contributed by atoms with Gasteiger partial charge in [-0.05, 0) is 17.7 Å². The maximum atomic E-state index is 13.6. The summed E-state index contributed by atoms with van der Waals surface area (Å²) in [6.07, 6.45) is 0. The highest BCUT2D eigenvalue weighted by Gasteiger charge is 2.26. The second kappa shape index (κ2) is 5.36. The van der Waals surface area contributed by atoms with Crippen molar-refractivity contribution in [2.24, 2.45) is 0 Å². The average Bonchev–Trinajstić information content (AvgIpc) is 2.45. The summed E-state index contributed by atoms with van der Waals surface area (Å²) >= 11 is 5.42. The molecule has 106 valence electrons. The van der Waals surface area contributed by atoms with E-state index < -0.39 is 40.5 Å². The van der Waals surface area contributed by atoms with Crippen LogP contribution in [-0.2, 0) is 5.88 Å². The molecule has 0 N–H and O–H groups in total. The smallest absolute Gasteiger partial charge is 0.200 e. The van der Waals surface area contributed by atoms with E-state index in [1.54, 1.807) is 0 Å². The van der Waals surface area contributed by atoms with E-state index in [-0.39, 0.29) is 17.0 Å². The van der Waals surface area contributed by atoms with Gasteiger partial charge in [-0.3, -0.25) is 0 Å². The summed E-state index contributed by atoms with van der Waals surface area (Å²) in [6, 6.07) is 2.68. The van der Waals surface area contributed by atoms with Crippen LogP contribution < -0.4 is 0 Å². The predicted octanol–water partition coefficient (Wildman–Crippen LogP) is 4.93. The van der Waals surface area contributed by atoms with Gasteiger partial charge in [-0.15, -0.1) is 11.6 Å². The molecule has 0 bridgehead atoms. The Labute approximate surface area is 114 Å². The summed E-state index contributed by atoms with van der Waals surface area (Å²) in [6.45, 7) is 0. The zero-order chi connectivity index (χ0) is 15.0. The third kappa shape index (κ3) is 2.24. The van der Waals surface area contributed by atoms with Gasteiger partial charge in [0.05, 0.1) is 11.4 Å². The number of alkyl halides is 1. The van der Waals surface area contributed by atoms with Crippen molar-refractivity contribution in [2.45, 2.75) is 5.88 Å². The molecule has 2 rings (SSSR count). The normalized spacial score (nSPS) is 10.9. The molecule has 0 aromatic heterocycles. The third-order valence-corrected chi connectivity index (χ3v) is 2.98. The first-order valence-corrected chi connectivity index (χ1v) is 5.78. The fourth-order valence-corrected chi connectivity index (χ4v) is 1.90. The lowest BCUT2D eigenvalue weighted by Gasteiger charge is -2.09. The number of hydrogen-bond donors (Lipinski definition) is 0. The first kappa shape index (κ1) is 14.7. The average molecular weight is 311 g/mol. The van der Waals surface area contributed by atoms with E-state index >= 15 is 0 Å². The van der Waals surface area contributed by atoms with Crippen LogP contribution in [0.15, 0.2) is 18.2 Å². The van der Waals surface area contributed by atoms with E-state index in [1.165, 1.54) is 0 Å². The molecule has 0 aliphatic heterocycles. The molecule has 0 nitrogen and oxygen atoms in total. The van der Waals surface area contributed by atoms with Crippen LogP contribution in [0.4, 0.5) is 26.3 Å². The fraction of sp³-hybridized carbons (Fsp3) is 0.0769. The molecule has 0 saturated heterocycles. The second-order valence-electron chi connectivity index (χ2n) is 3.88. The zero-order valence-corrected chi connectivity index (χ0v) is 10.3. The second-order valence-corrected chi connectivity index (χ2v) is 4.15. The Morgan fingerprint density at radius 3 is 1.75 bits per heavy atom. The molecule has 2 aromatic rings. The first-order valence-electron chi connectivity index (χ1n) is 5.24. The van der Waals surface area contributed by atoms with E-state index in [1.807, 2.05) is 0 Å². The van der Waals surface area contributed by atoms with E-state index in [0.29, 0.717) is 0 Å². The van der Waals surface area contributed by atoms with E-state index in [0.717, 1.165) is 18.2 Å². The lowest BCUT2D eigenvalue weighted by Crippen LogP contribution is -2.04. The van der Waals surface area contributed by atoms with Crippen LogP contribution in [0.5, 0.6) is 0 Å². The summed E-state index contributed by atoms with van der Waals surface area (Å²) in [5, 5.41) is 0. The van der Waals surface area contributed by atoms with Crippen molar-refractivity contribution in [1.29, 1.82) is 0 Å². The number of hydrogen-bond acceptors (Lipinski definition) is 0. The van der Waals surface area contributed by atoms with Crippen molar-refractivity contribution >= 4 is 11.6 Å². The summed E-state index contributed by atoms with van der Waals surface area (Å²) in [5.74, 6) is -11.4. The predicted molar refractivity (Wildman–Crippen MR) is 61.2 cm³/mol. The van der Waals surface area contributed by atoms with Gasteiger partial charge in [0.15, 0.2) is 23.3 Å². The highest BCUT2D eigenvalue weighted by molar-refractivity contribution is 6.17. The molecule has 0 aliphatic rings. The van der Waals surface area contributed by atoms with Crippen LogP contribution in [0, 0.1) is 34.9 Å². The quantitative estimate of drug-likeness (QED) is 0.319. The SMILES string of the molecule is Fc1ccc(-c2c(F)c(F)c(F)c(F)c2F)cc1CCl. The number of benzene rings is 2. The van der Waals surface area contributed by atoms with Gasteiger partial charge >= 0.3 is 0 Å². The molecule has 20 heavy (non-hydrogen) atoms. The van der Waals surface area contributed by atoms with Gasteiger partial charge < -0.3 is 0 Å². The van der Waals surface area contributed by atoms with Gasteiger partial charge in [-0.2, -0.15) is 0 Å². The summed E-state index contributed by atoms with van der Waals surface area (Å²) < 4.78 is 79.5. The van der Waals surface area contributed by atoms with Gasteiger partial charge in [0.2, 0.25) is 5.82 Å². The Morgan fingerprint density at radius 1 is 0.750 bits per heavy atom. The van der Waals surface area contributed by atoms with Crippen molar-refractivity contribution in [2.75, 3.05) is 0 Å². The van der Waals surface area contributed by atoms with Gasteiger partial charge in [0, 0.05) is 5.56 Å². The highest BCUT2D eigenvalue weighted by atomic mass is 35.5. The van der Waals surface area contributed by atoms with E-state index in [2.05, 4.69) is 0 Å². The van der Waals surface area contributed by atoms with Gasteiger partial charge in [-0.25, -0.2) is 26.3 Å². The monoisotopic (exact) mass is 310 g/mol. The van der Waals surface area contributed by atoms with Gasteiger partial charge in [0.25, 0.3) is 0 Å². The lowest BCUT2D eigenvalue weighted by atomic mass is 10.0. The largest absolute Gasteiger partial charge is 0.207 e. The molecule has 0 radical (unpaired) electrons. The van der Waals surface area contributed by atoms with Crippen LogP contribution in [0.3, 0.4) is 0 Å². The molecule has 0 amide bonds. The third-order valence-electron chi connectivity index (χ3n) is 2.69. The molecule has 2 aromatic carbocycles. The Hall–Kier alpha value is -1.69. The molecule has 0 aliphatic carbocycles. The maximum absolute atomic E-state index is 13.6. The van der Waals surface area contributed by atoms with Crippen molar-refractivity contribution in [3.8, 4) is 11.1 Å². The van der Waals surface area contributed by atoms with Crippen molar-refractivity contribution in [3.63, 3.8) is 0 Å². The highest BCUT2D eigenvalue weighted by Crippen LogP contribution is 2.32. The fourth-order valence-electron chi connectivity index (χ4n) is 1.69. The molecule has 0 saturated carbocycles. The zero-order valence-electron chi connectivity index (χ0n) is 9.58. The molecule has 7 heteroatoms. The minimum atomic E-state index is -2.25. The molecule has 0 unspecified atom stereocenters. The number of rotatable bonds is 2. The standard InChI is InChI=1S/C13H5ClF6/c14-4-6-3-5(1-2-7(6)15)8-9(16)11(18)13(20)12(19)10(8)17/h1-3H,4H2. The molecule has 0 fully saturated rings. The van der Waals surface area contributed by atoms with Crippen molar-refractivity contribution in [3.05, 3.63) is 58.7 Å². The van der Waals surface area contributed by atoms with Crippen LogP contribution in [-0.4, -0.2) is 0 Å². The van der Waals surface area contributed by atoms with Crippen LogP contribution in [0.1, 0.15) is 5.56 Å². The molecule has 0 spiro atoms. The lowest BCUT2D eigenvalue weighted by molar-refractivity contribution is 0.381. The summed E-state index contributed by atoms with van der Waals surface area (Å²) in [7, 11) is 0. The van der Waals surface area contributed by atoms with Crippen LogP contribution in [0.2, 0.25) is 0 Å². The minimum absolute atomic E-state index is 0.117. The van der Waals surface area contributed by atoms with Crippen molar-refractivity contribution < 1.29 is 26.3 Å². The van der Waals surface area contributed by atoms with Crippen LogP contribution in [0.25, 0.3) is 11.1 Å². The Morgan fingerprint density at radius 2 is 1.25 bits per heavy atom. The molecule has 0 atom stereocenters. The maximum Gasteiger partial charge on any atom is 0.200 e. The van der Waals surface area contributed by atoms with Gasteiger partial charge in [0.1, 0.15) is 5.82 Å². The number of halogens is 7. The van der Waals surface area contributed by atoms with E-state index in [9.17, 15) is 26.3 Å². The Balaban J connectivity index is 2.76.